The van der Waals surface area contributed by atoms with Gasteiger partial charge in [0, 0.05) is 0 Å². The van der Waals surface area contributed by atoms with Gasteiger partial charge in [-0.25, -0.2) is 0 Å². The van der Waals surface area contributed by atoms with Gasteiger partial charge < -0.3 is 16.4 Å². The van der Waals surface area contributed by atoms with Crippen LogP contribution < -0.4 is 16.4 Å². The van der Waals surface area contributed by atoms with E-state index in [-0.39, 0.29) is 24.8 Å². The summed E-state index contributed by atoms with van der Waals surface area (Å²) in [6, 6.07) is 12.9. The summed E-state index contributed by atoms with van der Waals surface area (Å²) in [6.45, 7) is 3.57. The number of primary amides is 1. The third-order valence-corrected chi connectivity index (χ3v) is 4.51. The lowest BCUT2D eigenvalue weighted by atomic mass is 9.98. The molecule has 0 spiro atoms. The molecule has 0 aliphatic heterocycles. The van der Waals surface area contributed by atoms with Crippen LogP contribution in [0.1, 0.15) is 25.8 Å². The van der Waals surface area contributed by atoms with Crippen LogP contribution in [0.2, 0.25) is 0 Å². The number of amides is 3. The van der Waals surface area contributed by atoms with Crippen molar-refractivity contribution in [2.75, 3.05) is 6.54 Å². The maximum Gasteiger partial charge on any atom is 0.240 e. The fraction of sp³-hybridized carbons (Fsp3) is 0.350. The second-order valence-corrected chi connectivity index (χ2v) is 6.42. The average molecular weight is 355 g/mol. The van der Waals surface area contributed by atoms with E-state index in [0.717, 1.165) is 16.3 Å². The summed E-state index contributed by atoms with van der Waals surface area (Å²) in [6.07, 6.45) is 0.889. The normalized spacial score (nSPS) is 13.0. The molecule has 0 radical (unpaired) electrons. The summed E-state index contributed by atoms with van der Waals surface area (Å²) in [5, 5.41) is 7.26. The van der Waals surface area contributed by atoms with Crippen molar-refractivity contribution in [1.29, 1.82) is 0 Å². The monoisotopic (exact) mass is 355 g/mol. The Morgan fingerprint density at radius 1 is 1.04 bits per heavy atom. The van der Waals surface area contributed by atoms with E-state index in [4.69, 9.17) is 5.73 Å². The van der Waals surface area contributed by atoms with Crippen LogP contribution in [0.4, 0.5) is 0 Å². The minimum absolute atomic E-state index is 0.0668. The Labute approximate surface area is 153 Å². The lowest BCUT2D eigenvalue weighted by Crippen LogP contribution is -2.51. The average Bonchev–Trinajstić information content (AvgIpc) is 2.64. The minimum Gasteiger partial charge on any atom is -0.368 e. The molecule has 2 aromatic rings. The van der Waals surface area contributed by atoms with E-state index in [1.165, 1.54) is 0 Å². The van der Waals surface area contributed by atoms with Crippen molar-refractivity contribution >= 4 is 28.5 Å². The fourth-order valence-corrected chi connectivity index (χ4v) is 2.81. The van der Waals surface area contributed by atoms with E-state index in [0.29, 0.717) is 6.42 Å². The van der Waals surface area contributed by atoms with Crippen molar-refractivity contribution < 1.29 is 14.4 Å². The molecular formula is C20H25N3O3. The van der Waals surface area contributed by atoms with Crippen LogP contribution in [0.25, 0.3) is 10.8 Å². The van der Waals surface area contributed by atoms with Crippen molar-refractivity contribution in [2.24, 2.45) is 11.7 Å². The standard InChI is InChI=1S/C20H25N3O3/c1-3-13(2)19(20(21)26)23-18(25)12-22-17(24)11-15-9-6-8-14-7-4-5-10-16(14)15/h4-10,13,19H,3,11-12H2,1-2H3,(H2,21,26)(H,22,24)(H,23,25). The van der Waals surface area contributed by atoms with Crippen LogP contribution in [-0.2, 0) is 20.8 Å². The zero-order valence-corrected chi connectivity index (χ0v) is 15.1. The number of benzene rings is 2. The summed E-state index contributed by atoms with van der Waals surface area (Å²) in [5.74, 6) is -1.33. The van der Waals surface area contributed by atoms with Crippen LogP contribution >= 0.6 is 0 Å². The summed E-state index contributed by atoms with van der Waals surface area (Å²) in [7, 11) is 0. The molecule has 26 heavy (non-hydrogen) atoms. The van der Waals surface area contributed by atoms with E-state index in [9.17, 15) is 14.4 Å². The van der Waals surface area contributed by atoms with Gasteiger partial charge in [0.15, 0.2) is 0 Å². The third-order valence-electron chi connectivity index (χ3n) is 4.51. The Kier molecular flexibility index (Phi) is 6.72. The molecule has 0 saturated heterocycles. The van der Waals surface area contributed by atoms with Gasteiger partial charge in [-0.1, -0.05) is 62.7 Å². The van der Waals surface area contributed by atoms with Gasteiger partial charge in [-0.15, -0.1) is 0 Å². The first-order valence-electron chi connectivity index (χ1n) is 8.74. The molecule has 0 aromatic heterocycles. The molecule has 0 aliphatic carbocycles. The predicted octanol–water partition coefficient (Wildman–Crippen LogP) is 1.51. The molecule has 2 aromatic carbocycles. The Bertz CT molecular complexity index is 798. The van der Waals surface area contributed by atoms with Gasteiger partial charge in [-0.05, 0) is 22.3 Å². The minimum atomic E-state index is -0.734. The van der Waals surface area contributed by atoms with Crippen LogP contribution in [-0.4, -0.2) is 30.3 Å². The molecule has 2 rings (SSSR count). The van der Waals surface area contributed by atoms with Crippen molar-refractivity contribution in [1.82, 2.24) is 10.6 Å². The van der Waals surface area contributed by atoms with Crippen molar-refractivity contribution in [3.63, 3.8) is 0 Å². The van der Waals surface area contributed by atoms with Crippen LogP contribution in [0.3, 0.4) is 0 Å². The molecule has 0 bridgehead atoms. The number of carbonyl (C=O) groups is 3. The van der Waals surface area contributed by atoms with Gasteiger partial charge in [0.1, 0.15) is 6.04 Å². The molecule has 138 valence electrons. The fourth-order valence-electron chi connectivity index (χ4n) is 2.81. The van der Waals surface area contributed by atoms with Crippen molar-refractivity contribution in [3.8, 4) is 0 Å². The smallest absolute Gasteiger partial charge is 0.240 e. The quantitative estimate of drug-likeness (QED) is 0.669. The predicted molar refractivity (Wildman–Crippen MR) is 101 cm³/mol. The highest BCUT2D eigenvalue weighted by Gasteiger charge is 2.23. The van der Waals surface area contributed by atoms with Gasteiger partial charge in [0.2, 0.25) is 17.7 Å². The summed E-state index contributed by atoms with van der Waals surface area (Å²) < 4.78 is 0. The van der Waals surface area contributed by atoms with E-state index >= 15 is 0 Å². The van der Waals surface area contributed by atoms with Gasteiger partial charge in [0.25, 0.3) is 0 Å². The Morgan fingerprint density at radius 3 is 2.42 bits per heavy atom. The maximum absolute atomic E-state index is 12.2. The molecule has 0 fully saturated rings. The topological polar surface area (TPSA) is 101 Å². The molecule has 6 nitrogen and oxygen atoms in total. The molecule has 2 atom stereocenters. The van der Waals surface area contributed by atoms with Gasteiger partial charge in [-0.2, -0.15) is 0 Å². The van der Waals surface area contributed by atoms with E-state index < -0.39 is 17.9 Å². The second-order valence-electron chi connectivity index (χ2n) is 6.42. The Hall–Kier alpha value is -2.89. The molecule has 6 heteroatoms. The largest absolute Gasteiger partial charge is 0.368 e. The SMILES string of the molecule is CCC(C)C(NC(=O)CNC(=O)Cc1cccc2ccccc12)C(N)=O. The molecule has 0 saturated carbocycles. The van der Waals surface area contributed by atoms with E-state index in [1.807, 2.05) is 56.3 Å². The number of hydrogen-bond donors (Lipinski definition) is 3. The Morgan fingerprint density at radius 2 is 1.73 bits per heavy atom. The van der Waals surface area contributed by atoms with E-state index in [1.54, 1.807) is 0 Å². The number of hydrogen-bond acceptors (Lipinski definition) is 3. The van der Waals surface area contributed by atoms with Crippen molar-refractivity contribution in [3.05, 3.63) is 48.0 Å². The Balaban J connectivity index is 1.92. The molecule has 2 unspecified atom stereocenters. The first-order valence-corrected chi connectivity index (χ1v) is 8.74. The molecular weight excluding hydrogens is 330 g/mol. The van der Waals surface area contributed by atoms with Gasteiger partial charge >= 0.3 is 0 Å². The third kappa shape index (κ3) is 5.05. The summed E-state index contributed by atoms with van der Waals surface area (Å²) in [5.41, 5.74) is 6.23. The summed E-state index contributed by atoms with van der Waals surface area (Å²) >= 11 is 0. The second kappa shape index (κ2) is 8.99. The van der Waals surface area contributed by atoms with Crippen LogP contribution in [0.15, 0.2) is 42.5 Å². The van der Waals surface area contributed by atoms with Gasteiger partial charge in [0.05, 0.1) is 13.0 Å². The molecule has 0 aliphatic rings. The lowest BCUT2D eigenvalue weighted by molar-refractivity contribution is -0.129. The number of fused-ring (bicyclic) bond motifs is 1. The highest BCUT2D eigenvalue weighted by Crippen LogP contribution is 2.18. The summed E-state index contributed by atoms with van der Waals surface area (Å²) in [4.78, 5) is 35.7. The number of rotatable bonds is 8. The number of nitrogens with one attached hydrogen (secondary N) is 2. The maximum atomic E-state index is 12.2. The zero-order valence-electron chi connectivity index (χ0n) is 15.1. The van der Waals surface area contributed by atoms with Crippen molar-refractivity contribution in [2.45, 2.75) is 32.7 Å². The molecule has 4 N–H and O–H groups in total. The number of carbonyl (C=O) groups excluding carboxylic acids is 3. The highest BCUT2D eigenvalue weighted by molar-refractivity contribution is 5.92. The first kappa shape index (κ1) is 19.4. The van der Waals surface area contributed by atoms with Gasteiger partial charge in [-0.3, -0.25) is 14.4 Å². The number of nitrogens with two attached hydrogens (primary N) is 1. The molecule has 3 amide bonds. The molecule has 0 heterocycles. The zero-order chi connectivity index (χ0) is 19.1. The lowest BCUT2D eigenvalue weighted by Gasteiger charge is -2.21. The van der Waals surface area contributed by atoms with E-state index in [2.05, 4.69) is 10.6 Å². The van der Waals surface area contributed by atoms with Crippen LogP contribution in [0, 0.1) is 5.92 Å². The highest BCUT2D eigenvalue weighted by atomic mass is 16.2. The van der Waals surface area contributed by atoms with Crippen LogP contribution in [0.5, 0.6) is 0 Å². The first-order chi connectivity index (χ1) is 12.4.